The van der Waals surface area contributed by atoms with E-state index in [1.165, 1.54) is 0 Å². The van der Waals surface area contributed by atoms with Gasteiger partial charge in [-0.2, -0.15) is 0 Å². The third kappa shape index (κ3) is 1.92. The fourth-order valence-corrected chi connectivity index (χ4v) is 1.99. The molecule has 0 saturated carbocycles. The summed E-state index contributed by atoms with van der Waals surface area (Å²) in [5, 5.41) is 3.00. The summed E-state index contributed by atoms with van der Waals surface area (Å²) < 4.78 is 0. The van der Waals surface area contributed by atoms with Crippen LogP contribution in [0, 0.1) is 0 Å². The van der Waals surface area contributed by atoms with Crippen molar-refractivity contribution in [2.24, 2.45) is 0 Å². The molecule has 5 heteroatoms. The Morgan fingerprint density at radius 3 is 2.53 bits per heavy atom. The van der Waals surface area contributed by atoms with Crippen LogP contribution in [0.3, 0.4) is 0 Å². The van der Waals surface area contributed by atoms with Gasteiger partial charge in [-0.3, -0.25) is 9.97 Å². The second kappa shape index (κ2) is 4.39. The van der Waals surface area contributed by atoms with E-state index < -0.39 is 0 Å². The lowest BCUT2D eigenvalue weighted by Gasteiger charge is -1.96. The minimum atomic E-state index is 0.968. The van der Waals surface area contributed by atoms with Crippen LogP contribution in [0.25, 0.3) is 23.1 Å². The van der Waals surface area contributed by atoms with Crippen molar-refractivity contribution in [3.8, 4) is 0 Å². The Bertz CT molecular complexity index is 603. The molecular formula is C12H8N4S. The summed E-state index contributed by atoms with van der Waals surface area (Å²) in [5.41, 5.74) is 4.71. The van der Waals surface area contributed by atoms with E-state index in [0.29, 0.717) is 0 Å². The molecule has 3 aromatic heterocycles. The van der Waals surface area contributed by atoms with E-state index in [4.69, 9.17) is 0 Å². The van der Waals surface area contributed by atoms with Gasteiger partial charge >= 0.3 is 0 Å². The van der Waals surface area contributed by atoms with Crippen molar-refractivity contribution in [3.63, 3.8) is 0 Å². The highest BCUT2D eigenvalue weighted by Gasteiger charge is 2.10. The standard InChI is InChI=1S/C9H5N3.C3H3NS/c1-2-7-9-6(1)10-4-3-8(9)12-5-11-7;1-2-5-3-4-1/h1-5H;1-3H. The van der Waals surface area contributed by atoms with Crippen LogP contribution < -0.4 is 0 Å². The lowest BCUT2D eigenvalue weighted by atomic mass is 10.2. The molecule has 0 amide bonds. The number of thiazole rings is 1. The Morgan fingerprint density at radius 2 is 1.82 bits per heavy atom. The average molecular weight is 240 g/mol. The summed E-state index contributed by atoms with van der Waals surface area (Å²) >= 11 is 1.60. The Kier molecular flexibility index (Phi) is 2.59. The van der Waals surface area contributed by atoms with Crippen LogP contribution in [0.5, 0.6) is 0 Å². The van der Waals surface area contributed by atoms with Gasteiger partial charge in [0.05, 0.1) is 27.8 Å². The second-order valence-corrected chi connectivity index (χ2v) is 4.11. The lowest BCUT2D eigenvalue weighted by molar-refractivity contribution is 1.19. The number of pyridine rings is 1. The lowest BCUT2D eigenvalue weighted by Crippen LogP contribution is -1.87. The molecule has 0 fully saturated rings. The molecule has 17 heavy (non-hydrogen) atoms. The highest BCUT2D eigenvalue weighted by Crippen LogP contribution is 2.25. The van der Waals surface area contributed by atoms with Gasteiger partial charge < -0.3 is 0 Å². The van der Waals surface area contributed by atoms with Gasteiger partial charge in [0.25, 0.3) is 0 Å². The van der Waals surface area contributed by atoms with E-state index in [-0.39, 0.29) is 0 Å². The van der Waals surface area contributed by atoms with Crippen molar-refractivity contribution in [3.05, 3.63) is 47.1 Å². The van der Waals surface area contributed by atoms with Gasteiger partial charge in [-0.25, -0.2) is 9.97 Å². The Balaban J connectivity index is 0.000000153. The zero-order chi connectivity index (χ0) is 11.5. The van der Waals surface area contributed by atoms with Crippen LogP contribution in [-0.2, 0) is 0 Å². The molecule has 0 N–H and O–H groups in total. The summed E-state index contributed by atoms with van der Waals surface area (Å²) in [5.74, 6) is 0. The third-order valence-electron chi connectivity index (χ3n) is 2.35. The number of hydrogen-bond donors (Lipinski definition) is 0. The first-order valence-corrected chi connectivity index (χ1v) is 5.99. The molecule has 1 aliphatic rings. The van der Waals surface area contributed by atoms with Crippen molar-refractivity contribution in [2.45, 2.75) is 0 Å². The van der Waals surface area contributed by atoms with Gasteiger partial charge in [-0.15, -0.1) is 11.3 Å². The normalized spacial score (nSPS) is 11.3. The van der Waals surface area contributed by atoms with Crippen LogP contribution in [0.15, 0.2) is 35.7 Å². The molecule has 0 aliphatic heterocycles. The Morgan fingerprint density at radius 1 is 0.941 bits per heavy atom. The first-order valence-electron chi connectivity index (χ1n) is 5.05. The minimum Gasteiger partial charge on any atom is -0.256 e. The zero-order valence-electron chi connectivity index (χ0n) is 8.82. The summed E-state index contributed by atoms with van der Waals surface area (Å²) in [6, 6.07) is 1.90. The van der Waals surface area contributed by atoms with Crippen LogP contribution in [0.1, 0.15) is 11.4 Å². The Hall–Kier alpha value is -2.14. The number of aromatic nitrogens is 4. The van der Waals surface area contributed by atoms with Gasteiger partial charge in [-0.05, 0) is 18.2 Å². The van der Waals surface area contributed by atoms with E-state index in [2.05, 4.69) is 19.9 Å². The Labute approximate surface area is 102 Å². The van der Waals surface area contributed by atoms with Crippen molar-refractivity contribution in [1.82, 2.24) is 19.9 Å². The SMILES string of the molecule is C1=Cc2ncnc3ccnc1c23.c1cscn1. The molecule has 0 spiro atoms. The van der Waals surface area contributed by atoms with E-state index in [1.54, 1.807) is 35.6 Å². The van der Waals surface area contributed by atoms with Crippen molar-refractivity contribution in [2.75, 3.05) is 0 Å². The first kappa shape index (κ1) is 10.0. The predicted octanol–water partition coefficient (Wildman–Crippen LogP) is 2.65. The second-order valence-electron chi connectivity index (χ2n) is 3.36. The molecule has 4 nitrogen and oxygen atoms in total. The maximum atomic E-state index is 4.21. The summed E-state index contributed by atoms with van der Waals surface area (Å²) in [4.78, 5) is 16.2. The largest absolute Gasteiger partial charge is 0.256 e. The van der Waals surface area contributed by atoms with E-state index in [9.17, 15) is 0 Å². The molecule has 3 aromatic rings. The van der Waals surface area contributed by atoms with Gasteiger partial charge in [0.2, 0.25) is 0 Å². The molecular weight excluding hydrogens is 232 g/mol. The summed E-state index contributed by atoms with van der Waals surface area (Å²) in [6.45, 7) is 0. The molecule has 0 unspecified atom stereocenters. The summed E-state index contributed by atoms with van der Waals surface area (Å²) in [7, 11) is 0. The maximum absolute atomic E-state index is 4.21. The van der Waals surface area contributed by atoms with Crippen molar-refractivity contribution >= 4 is 34.4 Å². The van der Waals surface area contributed by atoms with E-state index >= 15 is 0 Å². The molecule has 0 bridgehead atoms. The maximum Gasteiger partial charge on any atom is 0.116 e. The highest BCUT2D eigenvalue weighted by atomic mass is 32.1. The number of hydrogen-bond acceptors (Lipinski definition) is 5. The number of nitrogens with zero attached hydrogens (tertiary/aromatic N) is 4. The smallest absolute Gasteiger partial charge is 0.116 e. The van der Waals surface area contributed by atoms with E-state index in [1.807, 2.05) is 23.6 Å². The van der Waals surface area contributed by atoms with Gasteiger partial charge in [0.1, 0.15) is 6.33 Å². The molecule has 4 rings (SSSR count). The number of rotatable bonds is 0. The molecule has 1 aliphatic carbocycles. The van der Waals surface area contributed by atoms with Crippen LogP contribution in [0.4, 0.5) is 0 Å². The molecule has 0 atom stereocenters. The van der Waals surface area contributed by atoms with Crippen LogP contribution in [-0.4, -0.2) is 19.9 Å². The molecule has 82 valence electrons. The van der Waals surface area contributed by atoms with Crippen LogP contribution in [0.2, 0.25) is 0 Å². The van der Waals surface area contributed by atoms with Gasteiger partial charge in [-0.1, -0.05) is 0 Å². The van der Waals surface area contributed by atoms with Crippen molar-refractivity contribution in [1.29, 1.82) is 0 Å². The predicted molar refractivity (Wildman–Crippen MR) is 68.4 cm³/mol. The van der Waals surface area contributed by atoms with Gasteiger partial charge in [0, 0.05) is 17.8 Å². The quantitative estimate of drug-likeness (QED) is 0.474. The fourth-order valence-electron chi connectivity index (χ4n) is 1.64. The van der Waals surface area contributed by atoms with Crippen molar-refractivity contribution < 1.29 is 0 Å². The first-order chi connectivity index (χ1) is 8.45. The zero-order valence-corrected chi connectivity index (χ0v) is 9.63. The molecule has 0 aromatic carbocycles. The van der Waals surface area contributed by atoms with E-state index in [0.717, 1.165) is 22.3 Å². The highest BCUT2D eigenvalue weighted by molar-refractivity contribution is 7.07. The summed E-state index contributed by atoms with van der Waals surface area (Å²) in [6.07, 6.45) is 9.05. The molecule has 3 heterocycles. The minimum absolute atomic E-state index is 0.968. The van der Waals surface area contributed by atoms with Gasteiger partial charge in [0.15, 0.2) is 0 Å². The van der Waals surface area contributed by atoms with Crippen LogP contribution >= 0.6 is 11.3 Å². The molecule has 0 saturated heterocycles. The fraction of sp³-hybridized carbons (Fsp3) is 0. The topological polar surface area (TPSA) is 51.6 Å². The third-order valence-corrected chi connectivity index (χ3v) is 2.88. The molecule has 0 radical (unpaired) electrons. The average Bonchev–Trinajstić information content (AvgIpc) is 3.04. The monoisotopic (exact) mass is 240 g/mol.